The summed E-state index contributed by atoms with van der Waals surface area (Å²) < 4.78 is 0. The summed E-state index contributed by atoms with van der Waals surface area (Å²) in [5.41, 5.74) is 9.02. The quantitative estimate of drug-likeness (QED) is 0.235. The minimum absolute atomic E-state index is 0.00115. The van der Waals surface area contributed by atoms with Crippen LogP contribution >= 0.6 is 0 Å². The molecule has 7 heteroatoms. The Bertz CT molecular complexity index is 370. The zero-order valence-corrected chi connectivity index (χ0v) is 9.31. The molecule has 7 nitrogen and oxygen atoms in total. The molecule has 17 heavy (non-hydrogen) atoms. The third-order valence-electron chi connectivity index (χ3n) is 2.70. The molecule has 2 atom stereocenters. The van der Waals surface area contributed by atoms with Crippen molar-refractivity contribution in [2.45, 2.75) is 18.6 Å². The standard InChI is InChI=1S/C10H16N6O/c11-15-10(17)9-8(6-14-16-9)13-5-7-2-1-3-12-4-7/h1-4,8-9,13-14,16H,5-6,11H2,(H,15,17). The van der Waals surface area contributed by atoms with Gasteiger partial charge in [0.15, 0.2) is 0 Å². The molecule has 0 spiro atoms. The van der Waals surface area contributed by atoms with Gasteiger partial charge in [-0.05, 0) is 11.6 Å². The molecule has 1 saturated heterocycles. The van der Waals surface area contributed by atoms with E-state index in [0.29, 0.717) is 13.1 Å². The van der Waals surface area contributed by atoms with Gasteiger partial charge in [-0.3, -0.25) is 20.6 Å². The molecule has 0 radical (unpaired) electrons. The first-order chi connectivity index (χ1) is 8.31. The van der Waals surface area contributed by atoms with E-state index in [2.05, 4.69) is 26.6 Å². The summed E-state index contributed by atoms with van der Waals surface area (Å²) >= 11 is 0. The van der Waals surface area contributed by atoms with Crippen LogP contribution in [0.3, 0.4) is 0 Å². The van der Waals surface area contributed by atoms with Gasteiger partial charge in [0.25, 0.3) is 5.91 Å². The van der Waals surface area contributed by atoms with E-state index in [1.165, 1.54) is 0 Å². The molecule has 0 bridgehead atoms. The summed E-state index contributed by atoms with van der Waals surface area (Å²) in [5.74, 6) is 4.88. The Morgan fingerprint density at radius 2 is 2.53 bits per heavy atom. The topological polar surface area (TPSA) is 104 Å². The van der Waals surface area contributed by atoms with Crippen LogP contribution in [0.4, 0.5) is 0 Å². The minimum atomic E-state index is -0.364. The van der Waals surface area contributed by atoms with Crippen LogP contribution in [-0.4, -0.2) is 29.5 Å². The van der Waals surface area contributed by atoms with Crippen molar-refractivity contribution in [3.8, 4) is 0 Å². The van der Waals surface area contributed by atoms with Crippen molar-refractivity contribution in [1.82, 2.24) is 26.6 Å². The van der Waals surface area contributed by atoms with E-state index < -0.39 is 0 Å². The second kappa shape index (κ2) is 5.69. The molecule has 1 fully saturated rings. The molecular formula is C10H16N6O. The monoisotopic (exact) mass is 236 g/mol. The molecule has 0 aliphatic carbocycles. The summed E-state index contributed by atoms with van der Waals surface area (Å²) in [4.78, 5) is 15.5. The molecule has 2 unspecified atom stereocenters. The van der Waals surface area contributed by atoms with E-state index in [0.717, 1.165) is 5.56 Å². The number of rotatable bonds is 4. The van der Waals surface area contributed by atoms with Crippen LogP contribution in [0.1, 0.15) is 5.56 Å². The van der Waals surface area contributed by atoms with E-state index in [-0.39, 0.29) is 18.0 Å². The molecule has 1 aromatic rings. The summed E-state index contributed by atoms with van der Waals surface area (Å²) in [6, 6.07) is 3.50. The average Bonchev–Trinajstić information content (AvgIpc) is 2.85. The van der Waals surface area contributed by atoms with Gasteiger partial charge in [-0.1, -0.05) is 6.07 Å². The van der Waals surface area contributed by atoms with Gasteiger partial charge in [-0.2, -0.15) is 0 Å². The zero-order chi connectivity index (χ0) is 12.1. The molecule has 0 aromatic carbocycles. The Morgan fingerprint density at radius 3 is 3.24 bits per heavy atom. The number of nitrogens with zero attached hydrogens (tertiary/aromatic N) is 1. The van der Waals surface area contributed by atoms with Gasteiger partial charge in [-0.15, -0.1) is 0 Å². The lowest BCUT2D eigenvalue weighted by Crippen LogP contribution is -2.53. The maximum absolute atomic E-state index is 11.4. The van der Waals surface area contributed by atoms with Crippen LogP contribution in [-0.2, 0) is 11.3 Å². The molecular weight excluding hydrogens is 220 g/mol. The van der Waals surface area contributed by atoms with Gasteiger partial charge < -0.3 is 5.32 Å². The highest BCUT2D eigenvalue weighted by molar-refractivity contribution is 5.82. The molecule has 2 rings (SSSR count). The van der Waals surface area contributed by atoms with Crippen molar-refractivity contribution < 1.29 is 4.79 Å². The Morgan fingerprint density at radius 1 is 1.65 bits per heavy atom. The van der Waals surface area contributed by atoms with Crippen LogP contribution < -0.4 is 27.4 Å². The summed E-state index contributed by atoms with van der Waals surface area (Å²) in [7, 11) is 0. The van der Waals surface area contributed by atoms with Crippen molar-refractivity contribution >= 4 is 5.91 Å². The number of hydrazine groups is 2. The number of pyridine rings is 1. The summed E-state index contributed by atoms with van der Waals surface area (Å²) in [6.45, 7) is 1.33. The van der Waals surface area contributed by atoms with Crippen LogP contribution in [0, 0.1) is 0 Å². The first-order valence-corrected chi connectivity index (χ1v) is 5.42. The highest BCUT2D eigenvalue weighted by Crippen LogP contribution is 2.01. The Labute approximate surface area is 99.1 Å². The van der Waals surface area contributed by atoms with E-state index in [1.807, 2.05) is 12.1 Å². The highest BCUT2D eigenvalue weighted by Gasteiger charge is 2.31. The van der Waals surface area contributed by atoms with Gasteiger partial charge in [0.1, 0.15) is 6.04 Å². The molecule has 1 aromatic heterocycles. The number of nitrogens with two attached hydrogens (primary N) is 1. The van der Waals surface area contributed by atoms with Crippen molar-refractivity contribution in [2.24, 2.45) is 5.84 Å². The van der Waals surface area contributed by atoms with E-state index in [9.17, 15) is 4.79 Å². The maximum Gasteiger partial charge on any atom is 0.254 e. The first kappa shape index (κ1) is 11.9. The smallest absolute Gasteiger partial charge is 0.254 e. The number of carbonyl (C=O) groups is 1. The third-order valence-corrected chi connectivity index (χ3v) is 2.70. The minimum Gasteiger partial charge on any atom is -0.307 e. The SMILES string of the molecule is NNC(=O)C1NNCC1NCc1cccnc1. The van der Waals surface area contributed by atoms with E-state index in [1.54, 1.807) is 12.4 Å². The largest absolute Gasteiger partial charge is 0.307 e. The molecule has 2 heterocycles. The molecule has 6 N–H and O–H groups in total. The van der Waals surface area contributed by atoms with Crippen molar-refractivity contribution in [3.63, 3.8) is 0 Å². The fourth-order valence-corrected chi connectivity index (χ4v) is 1.78. The molecule has 92 valence electrons. The van der Waals surface area contributed by atoms with Crippen LogP contribution in [0.2, 0.25) is 0 Å². The van der Waals surface area contributed by atoms with Crippen LogP contribution in [0.15, 0.2) is 24.5 Å². The normalized spacial score (nSPS) is 23.6. The lowest BCUT2D eigenvalue weighted by Gasteiger charge is -2.17. The predicted molar refractivity (Wildman–Crippen MR) is 62.1 cm³/mol. The molecule has 1 aliphatic rings. The van der Waals surface area contributed by atoms with Crippen molar-refractivity contribution in [3.05, 3.63) is 30.1 Å². The van der Waals surface area contributed by atoms with Crippen molar-refractivity contribution in [2.75, 3.05) is 6.54 Å². The number of nitrogens with one attached hydrogen (secondary N) is 4. The molecule has 1 amide bonds. The van der Waals surface area contributed by atoms with Crippen LogP contribution in [0.25, 0.3) is 0 Å². The van der Waals surface area contributed by atoms with E-state index in [4.69, 9.17) is 5.84 Å². The average molecular weight is 236 g/mol. The number of amides is 1. The summed E-state index contributed by atoms with van der Waals surface area (Å²) in [6.07, 6.45) is 3.52. The van der Waals surface area contributed by atoms with Gasteiger partial charge in [0, 0.05) is 31.5 Å². The lowest BCUT2D eigenvalue weighted by atomic mass is 10.1. The van der Waals surface area contributed by atoms with Gasteiger partial charge >= 0.3 is 0 Å². The fraction of sp³-hybridized carbons (Fsp3) is 0.400. The summed E-state index contributed by atoms with van der Waals surface area (Å²) in [5, 5.41) is 3.28. The molecule has 1 aliphatic heterocycles. The third kappa shape index (κ3) is 2.98. The zero-order valence-electron chi connectivity index (χ0n) is 9.31. The number of carbonyl (C=O) groups excluding carboxylic acids is 1. The highest BCUT2D eigenvalue weighted by atomic mass is 16.2. The van der Waals surface area contributed by atoms with E-state index >= 15 is 0 Å². The fourth-order valence-electron chi connectivity index (χ4n) is 1.78. The Hall–Kier alpha value is -1.54. The van der Waals surface area contributed by atoms with Gasteiger partial charge in [-0.25, -0.2) is 11.3 Å². The van der Waals surface area contributed by atoms with Crippen LogP contribution in [0.5, 0.6) is 0 Å². The first-order valence-electron chi connectivity index (χ1n) is 5.42. The number of hydrogen-bond donors (Lipinski definition) is 5. The maximum atomic E-state index is 11.4. The Balaban J connectivity index is 1.88. The Kier molecular flexibility index (Phi) is 3.99. The second-order valence-electron chi connectivity index (χ2n) is 3.86. The predicted octanol–water partition coefficient (Wildman–Crippen LogP) is -1.99. The van der Waals surface area contributed by atoms with Gasteiger partial charge in [0.2, 0.25) is 0 Å². The lowest BCUT2D eigenvalue weighted by molar-refractivity contribution is -0.123. The van der Waals surface area contributed by atoms with Crippen molar-refractivity contribution in [1.29, 1.82) is 0 Å². The number of hydrogen-bond acceptors (Lipinski definition) is 6. The van der Waals surface area contributed by atoms with Gasteiger partial charge in [0.05, 0.1) is 0 Å². The second-order valence-corrected chi connectivity index (χ2v) is 3.86. The number of aromatic nitrogens is 1. The molecule has 0 saturated carbocycles.